The predicted molar refractivity (Wildman–Crippen MR) is 127 cm³/mol. The third kappa shape index (κ3) is 5.04. The molecule has 37 heavy (non-hydrogen) atoms. The summed E-state index contributed by atoms with van der Waals surface area (Å²) < 4.78 is 96.0. The normalized spacial score (nSPS) is 12.3. The van der Waals surface area contributed by atoms with Crippen LogP contribution in [0.2, 0.25) is 0 Å². The number of benzene rings is 2. The first-order valence-electron chi connectivity index (χ1n) is 10.7. The SMILES string of the molecule is CCN(C)S(=O)(=O)Nc1ccc(F)c(C(=O)c2c[nH]c3ncc(-c4ccc(C(F)(F)F)cc4)cc23)c1F. The van der Waals surface area contributed by atoms with E-state index in [1.807, 2.05) is 4.72 Å². The highest BCUT2D eigenvalue weighted by Crippen LogP contribution is 2.33. The number of aromatic nitrogens is 2. The van der Waals surface area contributed by atoms with E-state index >= 15 is 4.39 Å². The summed E-state index contributed by atoms with van der Waals surface area (Å²) in [5.41, 5.74) is -1.68. The van der Waals surface area contributed by atoms with E-state index in [9.17, 15) is 30.8 Å². The molecule has 0 fully saturated rings. The van der Waals surface area contributed by atoms with Gasteiger partial charge in [-0.2, -0.15) is 25.9 Å². The van der Waals surface area contributed by atoms with Gasteiger partial charge in [0.25, 0.3) is 0 Å². The quantitative estimate of drug-likeness (QED) is 0.245. The Hall–Kier alpha value is -3.84. The fourth-order valence-electron chi connectivity index (χ4n) is 3.56. The van der Waals surface area contributed by atoms with Crippen LogP contribution in [0.25, 0.3) is 22.2 Å². The summed E-state index contributed by atoms with van der Waals surface area (Å²) in [6.07, 6.45) is -1.95. The highest BCUT2D eigenvalue weighted by Gasteiger charge is 2.30. The number of halogens is 5. The fourth-order valence-corrected chi connectivity index (χ4v) is 4.49. The minimum Gasteiger partial charge on any atom is -0.345 e. The highest BCUT2D eigenvalue weighted by molar-refractivity contribution is 7.90. The molecule has 13 heteroatoms. The average Bonchev–Trinajstić information content (AvgIpc) is 3.28. The highest BCUT2D eigenvalue weighted by atomic mass is 32.2. The molecule has 4 rings (SSSR count). The van der Waals surface area contributed by atoms with Crippen LogP contribution in [0, 0.1) is 11.6 Å². The summed E-state index contributed by atoms with van der Waals surface area (Å²) in [6.45, 7) is 1.63. The maximum Gasteiger partial charge on any atom is 0.416 e. The van der Waals surface area contributed by atoms with Crippen molar-refractivity contribution in [3.8, 4) is 11.1 Å². The zero-order chi connectivity index (χ0) is 27.1. The van der Waals surface area contributed by atoms with Crippen molar-refractivity contribution >= 4 is 32.7 Å². The summed E-state index contributed by atoms with van der Waals surface area (Å²) in [5, 5.41) is 0.165. The number of ketones is 1. The van der Waals surface area contributed by atoms with Crippen molar-refractivity contribution in [3.05, 3.63) is 83.2 Å². The van der Waals surface area contributed by atoms with Crippen LogP contribution in [0.4, 0.5) is 27.6 Å². The lowest BCUT2D eigenvalue weighted by atomic mass is 9.99. The first-order valence-corrected chi connectivity index (χ1v) is 12.2. The van der Waals surface area contributed by atoms with Crippen molar-refractivity contribution in [1.29, 1.82) is 0 Å². The lowest BCUT2D eigenvalue weighted by molar-refractivity contribution is -0.137. The Labute approximate surface area is 208 Å². The lowest BCUT2D eigenvalue weighted by Crippen LogP contribution is -2.32. The first kappa shape index (κ1) is 26.2. The van der Waals surface area contributed by atoms with Crippen molar-refractivity contribution in [2.75, 3.05) is 18.3 Å². The maximum absolute atomic E-state index is 15.2. The average molecular weight is 538 g/mol. The molecule has 0 amide bonds. The van der Waals surface area contributed by atoms with Crippen molar-refractivity contribution in [2.45, 2.75) is 13.1 Å². The van der Waals surface area contributed by atoms with Crippen LogP contribution in [0.1, 0.15) is 28.4 Å². The van der Waals surface area contributed by atoms with E-state index in [1.54, 1.807) is 6.92 Å². The van der Waals surface area contributed by atoms with Gasteiger partial charge < -0.3 is 4.98 Å². The standard InChI is InChI=1S/C24H19F5N4O3S/c1-3-33(2)37(35,36)32-19-9-8-18(25)20(21(19)26)22(34)17-12-31-23-16(17)10-14(11-30-23)13-4-6-15(7-5-13)24(27,28)29/h4-12,32H,3H2,1-2H3,(H,30,31). The van der Waals surface area contributed by atoms with Crippen LogP contribution < -0.4 is 4.72 Å². The van der Waals surface area contributed by atoms with E-state index in [2.05, 4.69) is 9.97 Å². The van der Waals surface area contributed by atoms with Gasteiger partial charge in [-0.25, -0.2) is 13.8 Å². The van der Waals surface area contributed by atoms with Crippen LogP contribution in [0.3, 0.4) is 0 Å². The Balaban J connectivity index is 1.75. The lowest BCUT2D eigenvalue weighted by Gasteiger charge is -2.17. The number of nitrogens with zero attached hydrogens (tertiary/aromatic N) is 2. The molecule has 2 heterocycles. The molecule has 4 aromatic rings. The molecule has 0 aliphatic heterocycles. The predicted octanol–water partition coefficient (Wildman–Crippen LogP) is 5.37. The maximum atomic E-state index is 15.2. The topological polar surface area (TPSA) is 95.2 Å². The first-order chi connectivity index (χ1) is 17.3. The number of nitrogens with one attached hydrogen (secondary N) is 2. The van der Waals surface area contributed by atoms with Gasteiger partial charge in [0, 0.05) is 42.5 Å². The second kappa shape index (κ2) is 9.56. The molecule has 0 aliphatic rings. The molecule has 2 aromatic heterocycles. The molecule has 0 spiro atoms. The number of rotatable bonds is 7. The molecule has 2 N–H and O–H groups in total. The van der Waals surface area contributed by atoms with Crippen molar-refractivity contribution in [3.63, 3.8) is 0 Å². The van der Waals surface area contributed by atoms with Crippen molar-refractivity contribution < 1.29 is 35.2 Å². The van der Waals surface area contributed by atoms with Crippen molar-refractivity contribution in [2.24, 2.45) is 0 Å². The Kier molecular flexibility index (Phi) is 6.78. The number of hydrogen-bond acceptors (Lipinski definition) is 4. The Morgan fingerprint density at radius 1 is 1.08 bits per heavy atom. The Morgan fingerprint density at radius 3 is 2.38 bits per heavy atom. The van der Waals surface area contributed by atoms with Gasteiger partial charge in [0.2, 0.25) is 5.78 Å². The van der Waals surface area contributed by atoms with Gasteiger partial charge in [-0.1, -0.05) is 19.1 Å². The summed E-state index contributed by atoms with van der Waals surface area (Å²) in [6, 6.07) is 7.35. The molecule has 2 aromatic carbocycles. The molecular weight excluding hydrogens is 519 g/mol. The van der Waals surface area contributed by atoms with E-state index in [4.69, 9.17) is 0 Å². The largest absolute Gasteiger partial charge is 0.416 e. The van der Waals surface area contributed by atoms with E-state index in [-0.39, 0.29) is 23.1 Å². The Bertz CT molecular complexity index is 1600. The second-order valence-electron chi connectivity index (χ2n) is 8.03. The molecule has 0 aliphatic carbocycles. The van der Waals surface area contributed by atoms with Gasteiger partial charge in [-0.05, 0) is 35.9 Å². The minimum absolute atomic E-state index is 0.0769. The van der Waals surface area contributed by atoms with Crippen LogP contribution >= 0.6 is 0 Å². The van der Waals surface area contributed by atoms with Crippen LogP contribution in [-0.4, -0.2) is 42.1 Å². The van der Waals surface area contributed by atoms with E-state index in [1.165, 1.54) is 37.6 Å². The molecule has 0 unspecified atom stereocenters. The molecule has 0 atom stereocenters. The molecular formula is C24H19F5N4O3S. The number of hydrogen-bond donors (Lipinski definition) is 2. The van der Waals surface area contributed by atoms with Gasteiger partial charge in [-0.15, -0.1) is 0 Å². The smallest absolute Gasteiger partial charge is 0.345 e. The zero-order valence-corrected chi connectivity index (χ0v) is 20.1. The fraction of sp³-hybridized carbons (Fsp3) is 0.167. The third-order valence-corrected chi connectivity index (χ3v) is 7.29. The molecule has 0 saturated heterocycles. The summed E-state index contributed by atoms with van der Waals surface area (Å²) in [7, 11) is -2.90. The number of H-pyrrole nitrogens is 1. The Morgan fingerprint density at radius 2 is 1.76 bits per heavy atom. The van der Waals surface area contributed by atoms with Gasteiger partial charge in [0.1, 0.15) is 11.5 Å². The monoisotopic (exact) mass is 538 g/mol. The molecule has 7 nitrogen and oxygen atoms in total. The zero-order valence-electron chi connectivity index (χ0n) is 19.3. The number of fused-ring (bicyclic) bond motifs is 1. The van der Waals surface area contributed by atoms with Crippen LogP contribution in [0.5, 0.6) is 0 Å². The van der Waals surface area contributed by atoms with Crippen LogP contribution in [-0.2, 0) is 16.4 Å². The van der Waals surface area contributed by atoms with Crippen LogP contribution in [0.15, 0.2) is 54.9 Å². The minimum atomic E-state index is -4.51. The van der Waals surface area contributed by atoms with E-state index in [0.29, 0.717) is 11.1 Å². The van der Waals surface area contributed by atoms with Crippen molar-refractivity contribution in [1.82, 2.24) is 14.3 Å². The number of carbonyl (C=O) groups is 1. The molecule has 0 saturated carbocycles. The third-order valence-electron chi connectivity index (χ3n) is 5.73. The number of aromatic amines is 1. The van der Waals surface area contributed by atoms with Gasteiger partial charge in [-0.3, -0.25) is 9.52 Å². The summed E-state index contributed by atoms with van der Waals surface area (Å²) in [4.78, 5) is 20.1. The number of carbonyl (C=O) groups excluding carboxylic acids is 1. The summed E-state index contributed by atoms with van der Waals surface area (Å²) in [5.74, 6) is -3.70. The van der Waals surface area contributed by atoms with Gasteiger partial charge >= 0.3 is 16.4 Å². The number of anilines is 1. The molecule has 0 radical (unpaired) electrons. The number of alkyl halides is 3. The van der Waals surface area contributed by atoms with Gasteiger partial charge in [0.05, 0.1) is 16.8 Å². The number of pyridine rings is 1. The second-order valence-corrected chi connectivity index (χ2v) is 9.81. The molecule has 194 valence electrons. The van der Waals surface area contributed by atoms with E-state index < -0.39 is 50.6 Å². The van der Waals surface area contributed by atoms with E-state index in [0.717, 1.165) is 28.6 Å². The van der Waals surface area contributed by atoms with Gasteiger partial charge in [0.15, 0.2) is 5.82 Å². The molecule has 0 bridgehead atoms. The summed E-state index contributed by atoms with van der Waals surface area (Å²) >= 11 is 0.